The second kappa shape index (κ2) is 28.4. The summed E-state index contributed by atoms with van der Waals surface area (Å²) in [6, 6.07) is 18.5. The molecule has 7 heterocycles. The van der Waals surface area contributed by atoms with Crippen LogP contribution in [0.4, 0.5) is 37.7 Å². The molecular weight excluding hydrogens is 1200 g/mol. The number of halogens is 7. The first kappa shape index (κ1) is 64.3. The number of carbonyl (C=O) groups excluding carboxylic acids is 2. The number of nitrogens with zero attached hydrogens (tertiary/aromatic N) is 11. The van der Waals surface area contributed by atoms with Crippen LogP contribution in [0.1, 0.15) is 136 Å². The maximum Gasteiger partial charge on any atom is 0.334 e. The van der Waals surface area contributed by atoms with Crippen LogP contribution in [0.25, 0.3) is 33.8 Å². The molecule has 0 unspecified atom stereocenters. The van der Waals surface area contributed by atoms with Crippen LogP contribution in [0.3, 0.4) is 0 Å². The van der Waals surface area contributed by atoms with Crippen LogP contribution in [0.2, 0.25) is 0 Å². The maximum atomic E-state index is 14.4. The predicted octanol–water partition coefficient (Wildman–Crippen LogP) is 10.2. The van der Waals surface area contributed by atoms with E-state index in [1.807, 2.05) is 24.3 Å². The standard InChI is InChI=1S/C28H30F3N9O2.C27H29FN6O2.CHF2I.CH4/c1-28(2,42)25(29)14-34-26(41)20-13-33-22(24-8-7-19-9-16(11-32)12-35-40(19)24)10-21(20)36-18-5-3-17(4-6-18)23-15-39(27(30)31)38-37-23;1-4-17-5-7-19(8-6-17)33-22-12-23(24-10-9-20-11-18(13-29)14-32-34(20)24)30-15-21(22)26(35)31-16-25(28)27(2,3)36;2-1(3)4;/h7-10,12-13,15,17-18,25,27,42H,3-6,14H2,1-2H3,(H,33,36)(H,34,41);1,9-12,14-15,17,19,25,36H,5-8,16H2,2-3H3,(H,30,33)(H,31,35);1H;1H4/t17?,18?,25-;17?,19?,25-;;/m11../s1. The SMILES string of the molecule is C.C#CC1CCC(Nc2cc(-c3ccc4cc(C#N)cnn34)ncc2C(=O)NC[C@@H](F)C(C)(C)O)CC1.CC(C)(O)[C@H](F)CNC(=O)c1cnc(-c2ccc3cc(C#N)cnn23)cc1NC1CCC(c2cn(C(F)F)nn2)CC1.FC(F)I. The van der Waals surface area contributed by atoms with Crippen LogP contribution in [0.15, 0.2) is 79.5 Å². The molecule has 7 aromatic rings. The monoisotopic (exact) mass is 1260 g/mol. The van der Waals surface area contributed by atoms with Gasteiger partial charge < -0.3 is 31.5 Å². The van der Waals surface area contributed by atoms with Gasteiger partial charge in [-0.15, -0.1) is 17.4 Å². The van der Waals surface area contributed by atoms with Gasteiger partial charge in [0, 0.05) is 36.3 Å². The number of nitrogens with one attached hydrogen (secondary N) is 4. The zero-order valence-corrected chi connectivity index (χ0v) is 47.2. The molecule has 0 bridgehead atoms. The van der Waals surface area contributed by atoms with Crippen LogP contribution < -0.4 is 21.3 Å². The fourth-order valence-electron chi connectivity index (χ4n) is 9.31. The van der Waals surface area contributed by atoms with Gasteiger partial charge in [0.1, 0.15) is 24.5 Å². The Morgan fingerprint density at radius 3 is 1.49 bits per heavy atom. The lowest BCUT2D eigenvalue weighted by Crippen LogP contribution is -2.42. The molecular formula is C57H64F6IN15O4. The minimum absolute atomic E-state index is 0. The zero-order chi connectivity index (χ0) is 59.5. The van der Waals surface area contributed by atoms with Gasteiger partial charge in [0.25, 0.3) is 16.2 Å². The van der Waals surface area contributed by atoms with Crippen LogP contribution in [0.5, 0.6) is 0 Å². The van der Waals surface area contributed by atoms with Crippen LogP contribution >= 0.6 is 22.6 Å². The van der Waals surface area contributed by atoms with Gasteiger partial charge in [0.05, 0.1) is 116 Å². The molecule has 83 heavy (non-hydrogen) atoms. The summed E-state index contributed by atoms with van der Waals surface area (Å²) in [5.74, 6) is 2.03. The molecule has 6 N–H and O–H groups in total. The number of fused-ring (bicyclic) bond motifs is 2. The average Bonchev–Trinajstić information content (AvgIpc) is 4.18. The number of aromatic nitrogens is 9. The molecule has 19 nitrogen and oxygen atoms in total. The van der Waals surface area contributed by atoms with Gasteiger partial charge in [0.2, 0.25) is 0 Å². The Kier molecular flexibility index (Phi) is 22.0. The first-order valence-corrected chi connectivity index (χ1v) is 27.4. The van der Waals surface area contributed by atoms with Crippen molar-refractivity contribution in [3.8, 4) is 47.3 Å². The van der Waals surface area contributed by atoms with Crippen molar-refractivity contribution < 1.29 is 46.1 Å². The molecule has 9 rings (SSSR count). The van der Waals surface area contributed by atoms with Crippen molar-refractivity contribution in [3.63, 3.8) is 0 Å². The molecule has 26 heteroatoms. The number of terminal acetylenes is 1. The number of alkyl halides is 7. The minimum atomic E-state index is -2.74. The highest BCUT2D eigenvalue weighted by Gasteiger charge is 2.31. The van der Waals surface area contributed by atoms with E-state index in [1.54, 1.807) is 33.3 Å². The van der Waals surface area contributed by atoms with Gasteiger partial charge in [-0.2, -0.15) is 43.0 Å². The lowest BCUT2D eigenvalue weighted by atomic mass is 9.84. The van der Waals surface area contributed by atoms with Crippen molar-refractivity contribution in [2.45, 2.75) is 139 Å². The number of pyridine rings is 2. The number of hydrogen-bond acceptors (Lipinski definition) is 14. The molecule has 440 valence electrons. The van der Waals surface area contributed by atoms with Crippen molar-refractivity contribution in [3.05, 3.63) is 107 Å². The van der Waals surface area contributed by atoms with E-state index in [1.165, 1.54) is 58.7 Å². The molecule has 0 aliphatic heterocycles. The van der Waals surface area contributed by atoms with Crippen LogP contribution in [-0.2, 0) is 0 Å². The maximum absolute atomic E-state index is 14.4. The summed E-state index contributed by atoms with van der Waals surface area (Å²) in [6.45, 7) is 1.91. The highest BCUT2D eigenvalue weighted by molar-refractivity contribution is 14.1. The topological polar surface area (TPSA) is 261 Å². The Hall–Kier alpha value is -7.87. The van der Waals surface area contributed by atoms with E-state index in [-0.39, 0.29) is 55.6 Å². The zero-order valence-electron chi connectivity index (χ0n) is 45.0. The number of carbonyl (C=O) groups is 2. The molecule has 2 saturated carbocycles. The summed E-state index contributed by atoms with van der Waals surface area (Å²) in [6.07, 6.45) is 15.6. The molecule has 2 atom stereocenters. The van der Waals surface area contributed by atoms with E-state index in [9.17, 15) is 51.4 Å². The number of aliphatic hydroxyl groups is 2. The molecule has 0 radical (unpaired) electrons. The van der Waals surface area contributed by atoms with E-state index in [2.05, 4.69) is 69.8 Å². The lowest BCUT2D eigenvalue weighted by Gasteiger charge is -2.29. The molecule has 2 fully saturated rings. The summed E-state index contributed by atoms with van der Waals surface area (Å²) in [5.41, 5.74) is 3.62. The average molecular weight is 1260 g/mol. The Labute approximate surface area is 489 Å². The first-order chi connectivity index (χ1) is 38.9. The van der Waals surface area contributed by atoms with Crippen molar-refractivity contribution >= 4 is 56.8 Å². The summed E-state index contributed by atoms with van der Waals surface area (Å²) < 4.78 is 76.8. The minimum Gasteiger partial charge on any atom is -0.387 e. The van der Waals surface area contributed by atoms with E-state index < -0.39 is 46.3 Å². The number of amides is 2. The Bertz CT molecular complexity index is 3470. The molecule has 2 amide bonds. The van der Waals surface area contributed by atoms with Crippen LogP contribution in [-0.4, -0.2) is 119 Å². The predicted molar refractivity (Wildman–Crippen MR) is 308 cm³/mol. The third-order valence-corrected chi connectivity index (χ3v) is 14.1. The lowest BCUT2D eigenvalue weighted by molar-refractivity contribution is -0.00209. The van der Waals surface area contributed by atoms with E-state index in [4.69, 9.17) is 11.7 Å². The normalized spacial score (nSPS) is 17.7. The molecule has 7 aromatic heterocycles. The summed E-state index contributed by atoms with van der Waals surface area (Å²) in [7, 11) is 0. The van der Waals surface area contributed by atoms with Gasteiger partial charge in [-0.25, -0.2) is 17.8 Å². The molecule has 0 aromatic carbocycles. The highest BCUT2D eigenvalue weighted by Crippen LogP contribution is 2.36. The summed E-state index contributed by atoms with van der Waals surface area (Å²) in [5, 5.41) is 66.2. The Morgan fingerprint density at radius 2 is 1.12 bits per heavy atom. The summed E-state index contributed by atoms with van der Waals surface area (Å²) in [4.78, 5) is 35.1. The van der Waals surface area contributed by atoms with Crippen molar-refractivity contribution in [2.75, 3.05) is 23.7 Å². The third-order valence-electron chi connectivity index (χ3n) is 14.1. The fraction of sp³-hybridized carbons (Fsp3) is 0.439. The molecule has 0 spiro atoms. The van der Waals surface area contributed by atoms with E-state index >= 15 is 0 Å². The molecule has 2 aliphatic carbocycles. The highest BCUT2D eigenvalue weighted by atomic mass is 127. The number of rotatable bonds is 16. The second-order valence-corrected chi connectivity index (χ2v) is 21.9. The van der Waals surface area contributed by atoms with Crippen molar-refractivity contribution in [1.29, 1.82) is 10.5 Å². The number of anilines is 2. The molecule has 0 saturated heterocycles. The summed E-state index contributed by atoms with van der Waals surface area (Å²) >= 11 is 1.01. The van der Waals surface area contributed by atoms with Crippen molar-refractivity contribution in [1.82, 2.24) is 54.8 Å². The number of nitriles is 2. The molecule has 2 aliphatic rings. The third kappa shape index (κ3) is 16.9. The van der Waals surface area contributed by atoms with E-state index in [0.29, 0.717) is 86.9 Å². The van der Waals surface area contributed by atoms with Gasteiger partial charge in [-0.3, -0.25) is 19.6 Å². The quantitative estimate of drug-likeness (QED) is 0.0228. The second-order valence-electron chi connectivity index (χ2n) is 20.9. The van der Waals surface area contributed by atoms with Gasteiger partial charge >= 0.3 is 6.55 Å². The van der Waals surface area contributed by atoms with Crippen LogP contribution in [0, 0.1) is 40.9 Å². The van der Waals surface area contributed by atoms with Gasteiger partial charge in [-0.05, 0) is 150 Å². The first-order valence-electron chi connectivity index (χ1n) is 26.1. The van der Waals surface area contributed by atoms with Gasteiger partial charge in [0.15, 0.2) is 0 Å². The van der Waals surface area contributed by atoms with Gasteiger partial charge in [-0.1, -0.05) is 12.6 Å². The van der Waals surface area contributed by atoms with Crippen molar-refractivity contribution in [2.24, 2.45) is 5.92 Å². The Morgan fingerprint density at radius 1 is 0.699 bits per heavy atom. The number of hydrogen-bond donors (Lipinski definition) is 6. The largest absolute Gasteiger partial charge is 0.387 e. The Balaban J connectivity index is 0.000000250. The smallest absolute Gasteiger partial charge is 0.334 e. The van der Waals surface area contributed by atoms with E-state index in [0.717, 1.165) is 53.8 Å². The fourth-order valence-corrected chi connectivity index (χ4v) is 9.31.